The molecule has 1 atom stereocenters. The fourth-order valence-electron chi connectivity index (χ4n) is 4.36. The molecule has 0 fully saturated rings. The topological polar surface area (TPSA) is 78.8 Å². The molecular formula is C28H18ClF5N3O3-. The van der Waals surface area contributed by atoms with E-state index in [2.05, 4.69) is 24.8 Å². The van der Waals surface area contributed by atoms with E-state index in [4.69, 9.17) is 11.6 Å². The molecule has 1 aromatic heterocycles. The molecule has 0 bridgehead atoms. The second-order valence-corrected chi connectivity index (χ2v) is 9.27. The zero-order valence-corrected chi connectivity index (χ0v) is 21.0. The first-order valence-corrected chi connectivity index (χ1v) is 12.1. The van der Waals surface area contributed by atoms with Gasteiger partial charge >= 0.3 is 12.4 Å². The molecule has 6 nitrogen and oxygen atoms in total. The molecule has 4 aromatic rings. The van der Waals surface area contributed by atoms with E-state index < -0.39 is 41.1 Å². The number of pyridine rings is 1. The summed E-state index contributed by atoms with van der Waals surface area (Å²) in [6, 6.07) is 18.7. The van der Waals surface area contributed by atoms with Gasteiger partial charge in [0, 0.05) is 18.3 Å². The fraction of sp³-hybridized carbons (Fsp3) is 0.143. The first-order chi connectivity index (χ1) is 19.0. The van der Waals surface area contributed by atoms with Gasteiger partial charge in [0.15, 0.2) is 0 Å². The molecule has 0 aliphatic carbocycles. The predicted octanol–water partition coefficient (Wildman–Crippen LogP) is 6.20. The average Bonchev–Trinajstić information content (AvgIpc) is 2.88. The molecule has 0 radical (unpaired) electrons. The van der Waals surface area contributed by atoms with E-state index in [0.717, 1.165) is 18.2 Å². The van der Waals surface area contributed by atoms with Crippen LogP contribution in [0.4, 0.5) is 27.6 Å². The lowest BCUT2D eigenvalue weighted by Crippen LogP contribution is -2.42. The van der Waals surface area contributed by atoms with Crippen LogP contribution in [0.1, 0.15) is 22.4 Å². The standard InChI is InChI=1S/C28H19ClF5N3O3/c29-19-10-12-24(35-16-19)26(15-17-5-2-1-3-6-17,37-25(38)36-21-8-4-7-20(30)14-21)18-9-11-23-22(13-18)27(31,32)40-28(33,34)39-23/h1-14,16H,15H2,(H2,36,37,38)/p-1/t26-/m1/s1. The van der Waals surface area contributed by atoms with Gasteiger partial charge in [-0.15, -0.1) is 8.78 Å². The number of aromatic nitrogens is 1. The van der Waals surface area contributed by atoms with Crippen molar-refractivity contribution in [3.8, 4) is 5.75 Å². The smallest absolute Gasteiger partial charge is 0.540 e. The van der Waals surface area contributed by atoms with Crippen molar-refractivity contribution in [2.45, 2.75) is 24.4 Å². The Labute approximate surface area is 229 Å². The maximum Gasteiger partial charge on any atom is 0.540 e. The van der Waals surface area contributed by atoms with Crippen LogP contribution in [-0.2, 0) is 22.8 Å². The van der Waals surface area contributed by atoms with Gasteiger partial charge in [0.1, 0.15) is 17.1 Å². The van der Waals surface area contributed by atoms with Crippen molar-refractivity contribution in [3.63, 3.8) is 0 Å². The summed E-state index contributed by atoms with van der Waals surface area (Å²) >= 11 is 6.04. The molecule has 1 aliphatic heterocycles. The fourth-order valence-corrected chi connectivity index (χ4v) is 4.47. The number of benzene rings is 3. The summed E-state index contributed by atoms with van der Waals surface area (Å²) in [6.07, 6.45) is -7.80. The minimum absolute atomic E-state index is 0.0172. The van der Waals surface area contributed by atoms with Gasteiger partial charge in [-0.05, 0) is 53.6 Å². The Morgan fingerprint density at radius 2 is 1.75 bits per heavy atom. The maximum atomic E-state index is 14.8. The van der Waals surface area contributed by atoms with Crippen molar-refractivity contribution < 1.29 is 36.5 Å². The van der Waals surface area contributed by atoms with Crippen LogP contribution in [0.15, 0.2) is 96.1 Å². The van der Waals surface area contributed by atoms with E-state index >= 15 is 0 Å². The summed E-state index contributed by atoms with van der Waals surface area (Å²) < 4.78 is 78.5. The number of nitrogens with one attached hydrogen (secondary N) is 1. The lowest BCUT2D eigenvalue weighted by Gasteiger charge is -2.35. The monoisotopic (exact) mass is 574 g/mol. The maximum absolute atomic E-state index is 14.8. The molecule has 0 spiro atoms. The first kappa shape index (κ1) is 27.4. The average molecular weight is 575 g/mol. The Morgan fingerprint density at radius 3 is 2.45 bits per heavy atom. The number of fused-ring (bicyclic) bond motifs is 1. The molecule has 0 saturated carbocycles. The van der Waals surface area contributed by atoms with Gasteiger partial charge in [-0.25, -0.2) is 9.13 Å². The highest BCUT2D eigenvalue weighted by atomic mass is 35.5. The molecule has 40 heavy (non-hydrogen) atoms. The van der Waals surface area contributed by atoms with Crippen molar-refractivity contribution in [1.82, 2.24) is 4.98 Å². The number of aliphatic imine (C=N–C) groups is 1. The third-order valence-corrected chi connectivity index (χ3v) is 6.29. The zero-order valence-electron chi connectivity index (χ0n) is 20.3. The van der Waals surface area contributed by atoms with Crippen molar-refractivity contribution in [1.29, 1.82) is 0 Å². The van der Waals surface area contributed by atoms with Crippen LogP contribution in [0.5, 0.6) is 5.75 Å². The number of ether oxygens (including phenoxy) is 2. The number of alkyl halides is 4. The molecule has 1 N–H and O–H groups in total. The molecular weight excluding hydrogens is 557 g/mol. The van der Waals surface area contributed by atoms with Crippen LogP contribution >= 0.6 is 11.6 Å². The Balaban J connectivity index is 1.73. The third kappa shape index (κ3) is 5.70. The molecule has 3 aromatic carbocycles. The van der Waals surface area contributed by atoms with Gasteiger partial charge < -0.3 is 15.2 Å². The second kappa shape index (κ2) is 10.4. The quantitative estimate of drug-likeness (QED) is 0.169. The highest BCUT2D eigenvalue weighted by Crippen LogP contribution is 2.48. The van der Waals surface area contributed by atoms with Crippen molar-refractivity contribution in [2.75, 3.05) is 5.32 Å². The molecule has 0 amide bonds. The molecule has 0 unspecified atom stereocenters. The number of hydrogen-bond acceptors (Lipinski definition) is 5. The van der Waals surface area contributed by atoms with Gasteiger partial charge in [0.25, 0.3) is 0 Å². The number of anilines is 1. The number of halogens is 6. The molecule has 1 aliphatic rings. The van der Waals surface area contributed by atoms with Gasteiger partial charge in [0.2, 0.25) is 0 Å². The highest BCUT2D eigenvalue weighted by Gasteiger charge is 2.55. The van der Waals surface area contributed by atoms with Crippen LogP contribution in [-0.4, -0.2) is 17.3 Å². The summed E-state index contributed by atoms with van der Waals surface area (Å²) in [4.78, 5) is 8.70. The van der Waals surface area contributed by atoms with Crippen molar-refractivity contribution in [3.05, 3.63) is 124 Å². The van der Waals surface area contributed by atoms with Gasteiger partial charge in [-0.2, -0.15) is 8.78 Å². The zero-order chi connectivity index (χ0) is 28.5. The van der Waals surface area contributed by atoms with E-state index in [0.29, 0.717) is 5.56 Å². The third-order valence-electron chi connectivity index (χ3n) is 6.07. The van der Waals surface area contributed by atoms with E-state index in [1.54, 1.807) is 30.3 Å². The molecule has 206 valence electrons. The summed E-state index contributed by atoms with van der Waals surface area (Å²) in [5.74, 6) is -1.42. The summed E-state index contributed by atoms with van der Waals surface area (Å²) in [5, 5.41) is 16.0. The number of nitrogens with zero attached hydrogens (tertiary/aromatic N) is 2. The summed E-state index contributed by atoms with van der Waals surface area (Å²) in [5.41, 5.74) is -1.97. The molecule has 0 saturated heterocycles. The van der Waals surface area contributed by atoms with Crippen LogP contribution < -0.4 is 15.2 Å². The van der Waals surface area contributed by atoms with E-state index in [-0.39, 0.29) is 28.4 Å². The van der Waals surface area contributed by atoms with Crippen molar-refractivity contribution in [2.24, 2.45) is 4.99 Å². The van der Waals surface area contributed by atoms with E-state index in [9.17, 15) is 27.1 Å². The highest BCUT2D eigenvalue weighted by molar-refractivity contribution is 6.30. The van der Waals surface area contributed by atoms with Crippen LogP contribution in [0.2, 0.25) is 5.02 Å². The SMILES string of the molecule is [O-]C(=N[C@](Cc1ccccc1)(c1ccc2c(c1)C(F)(F)OC(F)(F)O2)c1ccc(Cl)cn1)Nc1cccc(F)c1. The van der Waals surface area contributed by atoms with Gasteiger partial charge in [-0.3, -0.25) is 9.98 Å². The summed E-state index contributed by atoms with van der Waals surface area (Å²) in [6.45, 7) is 0. The predicted molar refractivity (Wildman–Crippen MR) is 135 cm³/mol. The molecule has 5 rings (SSSR count). The van der Waals surface area contributed by atoms with Crippen LogP contribution in [0, 0.1) is 5.82 Å². The Morgan fingerprint density at radius 1 is 0.975 bits per heavy atom. The Hall–Kier alpha value is -4.22. The minimum atomic E-state index is -4.56. The Bertz CT molecular complexity index is 1550. The minimum Gasteiger partial charge on any atom is -0.846 e. The normalized spacial score (nSPS) is 17.3. The summed E-state index contributed by atoms with van der Waals surface area (Å²) in [7, 11) is 0. The number of hydrogen-bond donors (Lipinski definition) is 1. The van der Waals surface area contributed by atoms with E-state index in [1.807, 2.05) is 0 Å². The van der Waals surface area contributed by atoms with Crippen LogP contribution in [0.25, 0.3) is 0 Å². The number of amidine groups is 1. The van der Waals surface area contributed by atoms with E-state index in [1.165, 1.54) is 42.6 Å². The number of rotatable bonds is 6. The van der Waals surface area contributed by atoms with Gasteiger partial charge in [-0.1, -0.05) is 54.1 Å². The molecule has 12 heteroatoms. The largest absolute Gasteiger partial charge is 0.846 e. The van der Waals surface area contributed by atoms with Gasteiger partial charge in [0.05, 0.1) is 22.3 Å². The first-order valence-electron chi connectivity index (χ1n) is 11.7. The lowest BCUT2D eigenvalue weighted by atomic mass is 9.80. The Kier molecular flexibility index (Phi) is 7.11. The van der Waals surface area contributed by atoms with Crippen molar-refractivity contribution >= 4 is 23.3 Å². The molecule has 2 heterocycles. The second-order valence-electron chi connectivity index (χ2n) is 8.83. The van der Waals surface area contributed by atoms with Crippen LogP contribution in [0.3, 0.4) is 0 Å². The lowest BCUT2D eigenvalue weighted by molar-refractivity contribution is -0.461.